The summed E-state index contributed by atoms with van der Waals surface area (Å²) in [6, 6.07) is 0. The third-order valence-corrected chi connectivity index (χ3v) is 2.62. The van der Waals surface area contributed by atoms with Gasteiger partial charge in [-0.15, -0.1) is 0 Å². The molecule has 0 unspecified atom stereocenters. The zero-order valence-electron chi connectivity index (χ0n) is 7.55. The third-order valence-electron chi connectivity index (χ3n) is 1.28. The van der Waals surface area contributed by atoms with Gasteiger partial charge in [-0.3, -0.25) is 4.79 Å². The van der Waals surface area contributed by atoms with Crippen LogP contribution in [0, 0.1) is 0 Å². The van der Waals surface area contributed by atoms with Crippen LogP contribution in [0.4, 0.5) is 0 Å². The van der Waals surface area contributed by atoms with E-state index in [1.165, 1.54) is 0 Å². The molecule has 0 heterocycles. The maximum atomic E-state index is 10.9. The molecule has 0 saturated heterocycles. The lowest BCUT2D eigenvalue weighted by molar-refractivity contribution is -0.118. The minimum absolute atomic E-state index is 0.415. The highest BCUT2D eigenvalue weighted by atomic mass is 79.9. The van der Waals surface area contributed by atoms with Crippen molar-refractivity contribution in [1.29, 1.82) is 0 Å². The van der Waals surface area contributed by atoms with Gasteiger partial charge in [0, 0.05) is 18.1 Å². The number of carbonyl (C=O) groups is 1. The van der Waals surface area contributed by atoms with E-state index in [-0.39, 0.29) is 0 Å². The highest BCUT2D eigenvalue weighted by molar-refractivity contribution is 9.09. The first-order chi connectivity index (χ1) is 5.95. The minimum Gasteiger partial charge on any atom is -0.355 e. The van der Waals surface area contributed by atoms with Gasteiger partial charge in [0.2, 0.25) is 5.91 Å². The molecule has 0 aromatic carbocycles. The first kappa shape index (κ1) is 12.9. The third kappa shape index (κ3) is 9.82. The zero-order chi connectivity index (χ0) is 10.3. The molecule has 0 spiro atoms. The van der Waals surface area contributed by atoms with Crippen molar-refractivity contribution in [3.05, 3.63) is 0 Å². The van der Waals surface area contributed by atoms with Crippen LogP contribution < -0.4 is 5.32 Å². The van der Waals surface area contributed by atoms with Crippen LogP contribution in [0.2, 0.25) is 0 Å². The Bertz CT molecular complexity index is 250. The van der Waals surface area contributed by atoms with E-state index < -0.39 is 21.5 Å². The average Bonchev–Trinajstić information content (AvgIpc) is 1.94. The van der Waals surface area contributed by atoms with Gasteiger partial charge in [0.25, 0.3) is 0 Å². The van der Waals surface area contributed by atoms with Crippen LogP contribution in [-0.2, 0) is 14.6 Å². The quantitative estimate of drug-likeness (QED) is 0.559. The Morgan fingerprint density at radius 2 is 2.00 bits per heavy atom. The van der Waals surface area contributed by atoms with Crippen LogP contribution in [0.1, 0.15) is 12.8 Å². The summed E-state index contributed by atoms with van der Waals surface area (Å²) in [5.74, 6) is -0.835. The standard InChI is InChI=1S/C7H14BrNO3S/c1-13(11,12)6-7(10)9-5-3-2-4-8/h2-6H2,1H3,(H,9,10). The Morgan fingerprint density at radius 1 is 1.38 bits per heavy atom. The molecular weight excluding hydrogens is 258 g/mol. The molecule has 0 aromatic rings. The minimum atomic E-state index is -3.19. The van der Waals surface area contributed by atoms with E-state index in [1.54, 1.807) is 0 Å². The Labute approximate surface area is 87.1 Å². The number of amides is 1. The maximum absolute atomic E-state index is 10.9. The van der Waals surface area contributed by atoms with Crippen molar-refractivity contribution in [2.24, 2.45) is 0 Å². The Hall–Kier alpha value is -0.100. The summed E-state index contributed by atoms with van der Waals surface area (Å²) in [5, 5.41) is 3.43. The van der Waals surface area contributed by atoms with Crippen molar-refractivity contribution >= 4 is 31.7 Å². The van der Waals surface area contributed by atoms with Crippen LogP contribution in [-0.4, -0.2) is 38.2 Å². The highest BCUT2D eigenvalue weighted by Gasteiger charge is 2.09. The second-order valence-electron chi connectivity index (χ2n) is 2.82. The molecule has 6 heteroatoms. The first-order valence-corrected chi connectivity index (χ1v) is 7.14. The number of carbonyl (C=O) groups excluding carboxylic acids is 1. The first-order valence-electron chi connectivity index (χ1n) is 3.96. The highest BCUT2D eigenvalue weighted by Crippen LogP contribution is 1.91. The molecule has 13 heavy (non-hydrogen) atoms. The molecule has 0 aromatic heterocycles. The van der Waals surface area contributed by atoms with E-state index in [2.05, 4.69) is 21.2 Å². The lowest BCUT2D eigenvalue weighted by Crippen LogP contribution is -2.30. The fourth-order valence-electron chi connectivity index (χ4n) is 0.736. The van der Waals surface area contributed by atoms with Crippen LogP contribution >= 0.6 is 15.9 Å². The smallest absolute Gasteiger partial charge is 0.235 e. The summed E-state index contributed by atoms with van der Waals surface area (Å²) in [7, 11) is -3.19. The van der Waals surface area contributed by atoms with Crippen molar-refractivity contribution in [1.82, 2.24) is 5.32 Å². The van der Waals surface area contributed by atoms with E-state index >= 15 is 0 Å². The summed E-state index contributed by atoms with van der Waals surface area (Å²) in [6.45, 7) is 0.542. The lowest BCUT2D eigenvalue weighted by Gasteiger charge is -2.02. The molecule has 0 fully saturated rings. The Balaban J connectivity index is 3.53. The van der Waals surface area contributed by atoms with Crippen molar-refractivity contribution in [3.8, 4) is 0 Å². The van der Waals surface area contributed by atoms with E-state index in [4.69, 9.17) is 0 Å². The second kappa shape index (κ2) is 6.37. The van der Waals surface area contributed by atoms with Crippen molar-refractivity contribution in [2.75, 3.05) is 23.9 Å². The molecule has 0 saturated carbocycles. The summed E-state index contributed by atoms with van der Waals surface area (Å²) in [5.41, 5.74) is 0. The molecule has 0 atom stereocenters. The van der Waals surface area contributed by atoms with Crippen molar-refractivity contribution in [3.63, 3.8) is 0 Å². The second-order valence-corrected chi connectivity index (χ2v) is 5.75. The largest absolute Gasteiger partial charge is 0.355 e. The molecule has 0 radical (unpaired) electrons. The number of rotatable bonds is 6. The van der Waals surface area contributed by atoms with E-state index in [9.17, 15) is 13.2 Å². The molecule has 0 aliphatic carbocycles. The molecule has 0 aliphatic rings. The number of halogens is 1. The molecule has 0 aliphatic heterocycles. The van der Waals surface area contributed by atoms with E-state index in [0.717, 1.165) is 24.4 Å². The van der Waals surface area contributed by atoms with Gasteiger partial charge in [0.1, 0.15) is 5.75 Å². The fraction of sp³-hybridized carbons (Fsp3) is 0.857. The van der Waals surface area contributed by atoms with Crippen molar-refractivity contribution in [2.45, 2.75) is 12.8 Å². The number of unbranched alkanes of at least 4 members (excludes halogenated alkanes) is 1. The van der Waals surface area contributed by atoms with Crippen molar-refractivity contribution < 1.29 is 13.2 Å². The van der Waals surface area contributed by atoms with E-state index in [1.807, 2.05) is 0 Å². The Kier molecular flexibility index (Phi) is 6.32. The summed E-state index contributed by atoms with van der Waals surface area (Å²) >= 11 is 3.26. The molecule has 0 rings (SSSR count). The monoisotopic (exact) mass is 271 g/mol. The molecule has 0 bridgehead atoms. The van der Waals surface area contributed by atoms with Gasteiger partial charge in [0.05, 0.1) is 0 Å². The Morgan fingerprint density at radius 3 is 2.46 bits per heavy atom. The summed E-state index contributed by atoms with van der Waals surface area (Å²) in [6.07, 6.45) is 2.88. The molecule has 1 amide bonds. The molecular formula is C7H14BrNO3S. The van der Waals surface area contributed by atoms with Gasteiger partial charge in [-0.25, -0.2) is 8.42 Å². The SMILES string of the molecule is CS(=O)(=O)CC(=O)NCCCCBr. The fourth-order valence-corrected chi connectivity index (χ4v) is 1.71. The molecule has 4 nitrogen and oxygen atoms in total. The number of sulfone groups is 1. The summed E-state index contributed by atoms with van der Waals surface area (Å²) in [4.78, 5) is 10.9. The lowest BCUT2D eigenvalue weighted by atomic mass is 10.3. The van der Waals surface area contributed by atoms with Crippen LogP contribution in [0.25, 0.3) is 0 Å². The zero-order valence-corrected chi connectivity index (χ0v) is 9.95. The van der Waals surface area contributed by atoms with Gasteiger partial charge in [-0.1, -0.05) is 15.9 Å². The normalized spacial score (nSPS) is 11.2. The molecule has 78 valence electrons. The number of nitrogens with one attached hydrogen (secondary N) is 1. The maximum Gasteiger partial charge on any atom is 0.235 e. The van der Waals surface area contributed by atoms with E-state index in [0.29, 0.717) is 6.54 Å². The van der Waals surface area contributed by atoms with Crippen LogP contribution in [0.15, 0.2) is 0 Å². The topological polar surface area (TPSA) is 63.2 Å². The summed E-state index contributed by atoms with van der Waals surface area (Å²) < 4.78 is 21.3. The predicted octanol–water partition coefficient (Wildman–Crippen LogP) is 0.322. The van der Waals surface area contributed by atoms with Gasteiger partial charge < -0.3 is 5.32 Å². The predicted molar refractivity (Wildman–Crippen MR) is 55.7 cm³/mol. The number of hydrogen-bond donors (Lipinski definition) is 1. The molecule has 1 N–H and O–H groups in total. The van der Waals surface area contributed by atoms with Crippen LogP contribution in [0.5, 0.6) is 0 Å². The van der Waals surface area contributed by atoms with Crippen LogP contribution in [0.3, 0.4) is 0 Å². The van der Waals surface area contributed by atoms with Gasteiger partial charge in [0.15, 0.2) is 9.84 Å². The van der Waals surface area contributed by atoms with Gasteiger partial charge in [-0.05, 0) is 12.8 Å². The van der Waals surface area contributed by atoms with Gasteiger partial charge >= 0.3 is 0 Å². The average molecular weight is 272 g/mol. The number of alkyl halides is 1. The van der Waals surface area contributed by atoms with Gasteiger partial charge in [-0.2, -0.15) is 0 Å². The number of hydrogen-bond acceptors (Lipinski definition) is 3.